The molecular weight excluding hydrogens is 304 g/mol. The van der Waals surface area contributed by atoms with Crippen LogP contribution in [0.1, 0.15) is 36.0 Å². The smallest absolute Gasteiger partial charge is 0.255 e. The SMILES string of the molecule is N/C(=N/O)C1(NC(=O)c2cc(F)c(Cl)cc2F)CCCC1. The Morgan fingerprint density at radius 2 is 1.95 bits per heavy atom. The molecular formula is C13H14ClF2N3O2. The predicted octanol–water partition coefficient (Wildman–Crippen LogP) is 2.41. The topological polar surface area (TPSA) is 87.7 Å². The summed E-state index contributed by atoms with van der Waals surface area (Å²) in [5, 5.41) is 13.9. The number of carbonyl (C=O) groups excluding carboxylic acids is 1. The van der Waals surface area contributed by atoms with E-state index in [2.05, 4.69) is 10.5 Å². The minimum Gasteiger partial charge on any atom is -0.409 e. The van der Waals surface area contributed by atoms with E-state index in [1.807, 2.05) is 0 Å². The molecule has 1 fully saturated rings. The molecule has 1 aromatic carbocycles. The molecule has 0 atom stereocenters. The second kappa shape index (κ2) is 5.85. The minimum atomic E-state index is -1.03. The van der Waals surface area contributed by atoms with Gasteiger partial charge in [0, 0.05) is 0 Å². The van der Waals surface area contributed by atoms with Gasteiger partial charge in [-0.15, -0.1) is 0 Å². The molecule has 5 nitrogen and oxygen atoms in total. The molecule has 0 aromatic heterocycles. The summed E-state index contributed by atoms with van der Waals surface area (Å²) in [6.07, 6.45) is 2.47. The zero-order valence-electron chi connectivity index (χ0n) is 11.0. The van der Waals surface area contributed by atoms with E-state index in [1.54, 1.807) is 0 Å². The minimum absolute atomic E-state index is 0.150. The Balaban J connectivity index is 2.30. The summed E-state index contributed by atoms with van der Waals surface area (Å²) in [4.78, 5) is 12.2. The standard InChI is InChI=1S/C13H14ClF2N3O2/c14-8-6-9(15)7(5-10(8)16)11(20)18-13(12(17)19-21)3-1-2-4-13/h5-6,21H,1-4H2,(H2,17,19)(H,18,20). The maximum atomic E-state index is 13.7. The Morgan fingerprint density at radius 3 is 2.52 bits per heavy atom. The second-order valence-corrected chi connectivity index (χ2v) is 5.38. The number of hydrogen-bond donors (Lipinski definition) is 3. The zero-order valence-corrected chi connectivity index (χ0v) is 11.8. The number of nitrogens with zero attached hydrogens (tertiary/aromatic N) is 1. The Hall–Kier alpha value is -1.89. The van der Waals surface area contributed by atoms with E-state index in [0.717, 1.165) is 25.0 Å². The monoisotopic (exact) mass is 317 g/mol. The van der Waals surface area contributed by atoms with Gasteiger partial charge in [0.25, 0.3) is 5.91 Å². The molecule has 0 unspecified atom stereocenters. The number of carbonyl (C=O) groups is 1. The highest BCUT2D eigenvalue weighted by molar-refractivity contribution is 6.30. The first kappa shape index (κ1) is 15.5. The Morgan fingerprint density at radius 1 is 1.33 bits per heavy atom. The van der Waals surface area contributed by atoms with Gasteiger partial charge in [0.05, 0.1) is 10.6 Å². The van der Waals surface area contributed by atoms with Crippen molar-refractivity contribution in [3.63, 3.8) is 0 Å². The summed E-state index contributed by atoms with van der Waals surface area (Å²) in [5.74, 6) is -2.82. The molecule has 114 valence electrons. The number of nitrogens with one attached hydrogen (secondary N) is 1. The average Bonchev–Trinajstić information content (AvgIpc) is 2.91. The van der Waals surface area contributed by atoms with Crippen molar-refractivity contribution in [1.29, 1.82) is 0 Å². The summed E-state index contributed by atoms with van der Waals surface area (Å²) >= 11 is 5.44. The number of amidine groups is 1. The molecule has 1 aliphatic rings. The lowest BCUT2D eigenvalue weighted by atomic mass is 9.95. The van der Waals surface area contributed by atoms with Gasteiger partial charge in [0.15, 0.2) is 5.84 Å². The summed E-state index contributed by atoms with van der Waals surface area (Å²) in [7, 11) is 0. The van der Waals surface area contributed by atoms with E-state index in [-0.39, 0.29) is 5.84 Å². The van der Waals surface area contributed by atoms with Crippen molar-refractivity contribution in [1.82, 2.24) is 5.32 Å². The number of halogens is 3. The van der Waals surface area contributed by atoms with Crippen LogP contribution in [-0.4, -0.2) is 22.5 Å². The molecule has 0 bridgehead atoms. The van der Waals surface area contributed by atoms with Gasteiger partial charge in [-0.1, -0.05) is 29.6 Å². The summed E-state index contributed by atoms with van der Waals surface area (Å²) in [5.41, 5.74) is 4.12. The lowest BCUT2D eigenvalue weighted by Crippen LogP contribution is -2.55. The van der Waals surface area contributed by atoms with Crippen LogP contribution >= 0.6 is 11.6 Å². The molecule has 1 aliphatic carbocycles. The Kier molecular flexibility index (Phi) is 4.32. The van der Waals surface area contributed by atoms with Crippen molar-refractivity contribution in [2.24, 2.45) is 10.9 Å². The number of oxime groups is 1. The number of rotatable bonds is 3. The van der Waals surface area contributed by atoms with Gasteiger partial charge in [0.2, 0.25) is 0 Å². The Labute approximate surface area is 124 Å². The summed E-state index contributed by atoms with van der Waals surface area (Å²) in [6, 6.07) is 1.46. The van der Waals surface area contributed by atoms with Crippen LogP contribution in [0.5, 0.6) is 0 Å². The highest BCUT2D eigenvalue weighted by Gasteiger charge is 2.40. The van der Waals surface area contributed by atoms with E-state index in [9.17, 15) is 13.6 Å². The molecule has 1 amide bonds. The second-order valence-electron chi connectivity index (χ2n) is 4.97. The molecule has 4 N–H and O–H groups in total. The van der Waals surface area contributed by atoms with Crippen LogP contribution in [0, 0.1) is 11.6 Å². The summed E-state index contributed by atoms with van der Waals surface area (Å²) in [6.45, 7) is 0. The fraction of sp³-hybridized carbons (Fsp3) is 0.385. The largest absolute Gasteiger partial charge is 0.409 e. The molecule has 0 spiro atoms. The molecule has 2 rings (SSSR count). The third-order valence-corrected chi connectivity index (χ3v) is 3.95. The highest BCUT2D eigenvalue weighted by Crippen LogP contribution is 2.30. The van der Waals surface area contributed by atoms with Crippen LogP contribution < -0.4 is 11.1 Å². The van der Waals surface area contributed by atoms with Gasteiger partial charge in [-0.3, -0.25) is 4.79 Å². The van der Waals surface area contributed by atoms with Crippen molar-refractivity contribution in [3.8, 4) is 0 Å². The molecule has 0 heterocycles. The molecule has 1 saturated carbocycles. The van der Waals surface area contributed by atoms with E-state index in [1.165, 1.54) is 0 Å². The van der Waals surface area contributed by atoms with Crippen molar-refractivity contribution in [3.05, 3.63) is 34.4 Å². The van der Waals surface area contributed by atoms with E-state index < -0.39 is 33.7 Å². The van der Waals surface area contributed by atoms with Gasteiger partial charge in [-0.2, -0.15) is 0 Å². The Bertz CT molecular complexity index is 601. The zero-order chi connectivity index (χ0) is 15.6. The maximum Gasteiger partial charge on any atom is 0.255 e. The first-order valence-electron chi connectivity index (χ1n) is 6.35. The van der Waals surface area contributed by atoms with E-state index >= 15 is 0 Å². The fourth-order valence-electron chi connectivity index (χ4n) is 2.50. The molecule has 1 aromatic rings. The van der Waals surface area contributed by atoms with Crippen LogP contribution in [0.25, 0.3) is 0 Å². The van der Waals surface area contributed by atoms with Crippen LogP contribution in [0.15, 0.2) is 17.3 Å². The predicted molar refractivity (Wildman–Crippen MR) is 73.4 cm³/mol. The van der Waals surface area contributed by atoms with E-state index in [4.69, 9.17) is 22.5 Å². The number of amides is 1. The van der Waals surface area contributed by atoms with Crippen LogP contribution in [0.4, 0.5) is 8.78 Å². The fourth-order valence-corrected chi connectivity index (χ4v) is 2.65. The maximum absolute atomic E-state index is 13.7. The van der Waals surface area contributed by atoms with Crippen LogP contribution in [0.3, 0.4) is 0 Å². The third-order valence-electron chi connectivity index (χ3n) is 3.66. The highest BCUT2D eigenvalue weighted by atomic mass is 35.5. The first-order chi connectivity index (χ1) is 9.89. The quantitative estimate of drug-likeness (QED) is 0.263. The normalized spacial score (nSPS) is 17.8. The first-order valence-corrected chi connectivity index (χ1v) is 6.72. The van der Waals surface area contributed by atoms with Crippen LogP contribution in [0.2, 0.25) is 5.02 Å². The van der Waals surface area contributed by atoms with Gasteiger partial charge in [0.1, 0.15) is 17.2 Å². The molecule has 21 heavy (non-hydrogen) atoms. The molecule has 0 radical (unpaired) electrons. The number of nitrogens with two attached hydrogens (primary N) is 1. The molecule has 0 aliphatic heterocycles. The lowest BCUT2D eigenvalue weighted by molar-refractivity contribution is 0.0918. The van der Waals surface area contributed by atoms with Crippen molar-refractivity contribution in [2.75, 3.05) is 0 Å². The summed E-state index contributed by atoms with van der Waals surface area (Å²) < 4.78 is 27.1. The lowest BCUT2D eigenvalue weighted by Gasteiger charge is -2.28. The van der Waals surface area contributed by atoms with Crippen molar-refractivity contribution < 1.29 is 18.8 Å². The van der Waals surface area contributed by atoms with Gasteiger partial charge in [-0.05, 0) is 25.0 Å². The van der Waals surface area contributed by atoms with Gasteiger partial charge >= 0.3 is 0 Å². The third kappa shape index (κ3) is 2.92. The molecule has 8 heteroatoms. The van der Waals surface area contributed by atoms with Gasteiger partial charge < -0.3 is 16.3 Å². The van der Waals surface area contributed by atoms with Crippen molar-refractivity contribution >= 4 is 23.3 Å². The van der Waals surface area contributed by atoms with Gasteiger partial charge in [-0.25, -0.2) is 8.78 Å². The number of benzene rings is 1. The average molecular weight is 318 g/mol. The molecule has 0 saturated heterocycles. The van der Waals surface area contributed by atoms with Crippen molar-refractivity contribution in [2.45, 2.75) is 31.2 Å². The number of hydrogen-bond acceptors (Lipinski definition) is 3. The van der Waals surface area contributed by atoms with Crippen LogP contribution in [-0.2, 0) is 0 Å². The van der Waals surface area contributed by atoms with E-state index in [0.29, 0.717) is 12.8 Å².